The van der Waals surface area contributed by atoms with Gasteiger partial charge >= 0.3 is 0 Å². The molecule has 0 radical (unpaired) electrons. The summed E-state index contributed by atoms with van der Waals surface area (Å²) in [7, 11) is 6.37. The highest BCUT2D eigenvalue weighted by atomic mass is 35.5. The van der Waals surface area contributed by atoms with Crippen molar-refractivity contribution in [3.05, 3.63) is 238 Å². The summed E-state index contributed by atoms with van der Waals surface area (Å²) in [5.41, 5.74) is 21.8. The van der Waals surface area contributed by atoms with Crippen LogP contribution in [0.5, 0.6) is 40.4 Å². The predicted octanol–water partition coefficient (Wildman–Crippen LogP) is 24.0. The van der Waals surface area contributed by atoms with Crippen molar-refractivity contribution in [2.45, 2.75) is 239 Å². The van der Waals surface area contributed by atoms with Crippen LogP contribution in [0.2, 0.25) is 5.02 Å². The van der Waals surface area contributed by atoms with Crippen molar-refractivity contribution in [2.75, 3.05) is 28.4 Å². The number of phenolic OH excluding ortho intramolecular Hbond substituents is 1. The minimum Gasteiger partial charge on any atom is -0.508 e. The van der Waals surface area contributed by atoms with Crippen LogP contribution in [0, 0.1) is 47.4 Å². The van der Waals surface area contributed by atoms with Gasteiger partial charge in [0.1, 0.15) is 17.2 Å². The molecule has 0 amide bonds. The highest BCUT2D eigenvalue weighted by Gasteiger charge is 2.27. The van der Waals surface area contributed by atoms with Gasteiger partial charge in [0.05, 0.1) is 185 Å². The molecule has 5 aromatic carbocycles. The van der Waals surface area contributed by atoms with E-state index in [0.717, 1.165) is 130 Å². The fraction of sp³-hybridized carbons (Fsp3) is 0.404. The number of rotatable bonds is 14. The quantitative estimate of drug-likeness (QED) is 0.106. The Bertz CT molecular complexity index is 5470. The smallest absolute Gasteiger partial charge is 0.213 e. The Morgan fingerprint density at radius 3 is 0.917 bits per heavy atom. The molecule has 1 N–H and O–H groups in total. The Morgan fingerprint density at radius 2 is 0.612 bits per heavy atom. The van der Waals surface area contributed by atoms with E-state index in [2.05, 4.69) is 169 Å². The van der Waals surface area contributed by atoms with E-state index in [1.807, 2.05) is 160 Å². The zero-order valence-electron chi connectivity index (χ0n) is 77.1. The molecule has 0 aliphatic carbocycles. The second-order valence-electron chi connectivity index (χ2n) is 36.2. The van der Waals surface area contributed by atoms with E-state index in [1.54, 1.807) is 82.8 Å². The number of phenols is 1. The van der Waals surface area contributed by atoms with Crippen molar-refractivity contribution in [2.24, 2.45) is 0 Å². The molecule has 0 saturated heterocycles. The lowest BCUT2D eigenvalue weighted by Gasteiger charge is -2.20. The molecule has 0 fully saturated rings. The number of hydrogen-bond donors (Lipinski definition) is 1. The van der Waals surface area contributed by atoms with Crippen molar-refractivity contribution in [1.29, 1.82) is 0 Å². The molecule has 0 saturated carbocycles. The molecule has 12 rings (SSSR count). The maximum atomic E-state index is 13.8. The number of aromatic nitrogens is 13. The second kappa shape index (κ2) is 41.2. The first-order valence-corrected chi connectivity index (χ1v) is 41.0. The van der Waals surface area contributed by atoms with E-state index in [1.165, 1.54) is 13.2 Å². The number of pyridine rings is 1. The third kappa shape index (κ3) is 27.5. The third-order valence-corrected chi connectivity index (χ3v) is 18.9. The van der Waals surface area contributed by atoms with Gasteiger partial charge in [-0.05, 0) is 154 Å². The summed E-state index contributed by atoms with van der Waals surface area (Å²) >= 11 is 6.31. The molecule has 0 unspecified atom stereocenters. The molecular weight excluding hydrogens is 1540 g/mol. The molecule has 0 aliphatic heterocycles. The van der Waals surface area contributed by atoms with Gasteiger partial charge in [0.25, 0.3) is 0 Å². The Kier molecular flexibility index (Phi) is 32.9. The highest BCUT2D eigenvalue weighted by molar-refractivity contribution is 6.32. The van der Waals surface area contributed by atoms with Crippen molar-refractivity contribution in [3.63, 3.8) is 0 Å². The van der Waals surface area contributed by atoms with Crippen LogP contribution in [-0.2, 0) is 32.5 Å². The van der Waals surface area contributed by atoms with Gasteiger partial charge in [-0.2, -0.15) is 0 Å². The van der Waals surface area contributed by atoms with Crippen LogP contribution >= 0.6 is 11.6 Å². The summed E-state index contributed by atoms with van der Waals surface area (Å²) in [5.74, 6) is 3.62. The summed E-state index contributed by atoms with van der Waals surface area (Å²) in [6, 6.07) is 35.1. The van der Waals surface area contributed by atoms with Crippen molar-refractivity contribution < 1.29 is 37.9 Å². The Morgan fingerprint density at radius 1 is 0.306 bits per heavy atom. The molecule has 0 spiro atoms. The van der Waals surface area contributed by atoms with Gasteiger partial charge in [-0.1, -0.05) is 160 Å². The average Bonchev–Trinajstić information content (AvgIpc) is 0.829. The minimum atomic E-state index is -0.398. The molecule has 7 heterocycles. The Hall–Kier alpha value is -11.5. The first kappa shape index (κ1) is 96.7. The summed E-state index contributed by atoms with van der Waals surface area (Å²) in [4.78, 5) is 59.4. The van der Waals surface area contributed by atoms with E-state index in [-0.39, 0.29) is 56.2 Å². The Balaban J connectivity index is 0.000000200. The van der Waals surface area contributed by atoms with Gasteiger partial charge in [0.2, 0.25) is 5.88 Å². The number of ether oxygens (including phenoxy) is 6. The first-order chi connectivity index (χ1) is 56.4. The molecule has 20 nitrogen and oxygen atoms in total. The van der Waals surface area contributed by atoms with Crippen molar-refractivity contribution in [3.8, 4) is 108 Å². The molecule has 0 bridgehead atoms. The van der Waals surface area contributed by atoms with E-state index in [0.29, 0.717) is 39.4 Å². The lowest BCUT2D eigenvalue weighted by atomic mass is 9.90. The van der Waals surface area contributed by atoms with Crippen LogP contribution < -0.4 is 28.4 Å². The predicted molar refractivity (Wildman–Crippen MR) is 488 cm³/mol. The lowest BCUT2D eigenvalue weighted by molar-refractivity contribution is 0.232. The maximum absolute atomic E-state index is 13.8. The van der Waals surface area contributed by atoms with E-state index >= 15 is 0 Å². The van der Waals surface area contributed by atoms with Crippen molar-refractivity contribution >= 4 is 11.6 Å². The van der Waals surface area contributed by atoms with Crippen LogP contribution in [0.1, 0.15) is 221 Å². The lowest BCUT2D eigenvalue weighted by Crippen LogP contribution is -2.17. The van der Waals surface area contributed by atoms with Gasteiger partial charge in [0.15, 0.2) is 23.1 Å². The summed E-state index contributed by atoms with van der Waals surface area (Å²) in [5, 5.41) is 10.1. The van der Waals surface area contributed by atoms with E-state index in [4.69, 9.17) is 60.0 Å². The molecule has 0 atom stereocenters. The zero-order chi connectivity index (χ0) is 90.0. The molecule has 22 heteroatoms. The number of methoxy groups -OCH3 is 4. The Labute approximate surface area is 722 Å². The molecule has 12 aromatic rings. The van der Waals surface area contributed by atoms with Crippen LogP contribution in [0.3, 0.4) is 0 Å². The second-order valence-corrected chi connectivity index (χ2v) is 36.6. The summed E-state index contributed by atoms with van der Waals surface area (Å²) in [6.45, 7) is 58.2. The monoisotopic (exact) mass is 1660 g/mol. The van der Waals surface area contributed by atoms with Gasteiger partial charge < -0.3 is 33.5 Å². The SMILES string of the molecule is COc1ccc(-c2cnc(C)c(C(C)(C)C)n2)cc1F.COc1ccc(-c2cnc(C)c(C(C)(C)C)n2)cc1OC.COc1cccc(-c2cnc(C)c(C(C)(C)C)n2)c1.Cc1ncc(-c2ccc(OC(C)C)c(Cl)c2)nc1C(C)(C)C.Cc1ncc(-c2ccc(OC(C)C)nc2)nc1C(C)(C)C.Cc1ncc(-c2cccc(O)c2)nc1C(C)(C)C. The third-order valence-electron chi connectivity index (χ3n) is 18.6. The van der Waals surface area contributed by atoms with Crippen LogP contribution in [-0.4, -0.2) is 111 Å². The summed E-state index contributed by atoms with van der Waals surface area (Å²) < 4.78 is 45.8. The number of benzene rings is 5. The fourth-order valence-corrected chi connectivity index (χ4v) is 13.1. The maximum Gasteiger partial charge on any atom is 0.213 e. The molecule has 0 aliphatic rings. The number of aromatic hydroxyl groups is 1. The highest BCUT2D eigenvalue weighted by Crippen LogP contribution is 2.37. The fourth-order valence-electron chi connectivity index (χ4n) is 12.9. The van der Waals surface area contributed by atoms with Gasteiger partial charge in [-0.15, -0.1) is 0 Å². The number of halogens is 2. The largest absolute Gasteiger partial charge is 0.508 e. The molecule has 642 valence electrons. The van der Waals surface area contributed by atoms with Crippen LogP contribution in [0.15, 0.2) is 159 Å². The zero-order valence-corrected chi connectivity index (χ0v) is 77.9. The topological polar surface area (TPSA) is 243 Å². The number of nitrogens with zero attached hydrogens (tertiary/aromatic N) is 13. The minimum absolute atomic E-state index is 0.00798. The van der Waals surface area contributed by atoms with E-state index < -0.39 is 5.82 Å². The van der Waals surface area contributed by atoms with Gasteiger partial charge in [-0.25, -0.2) is 39.3 Å². The van der Waals surface area contributed by atoms with Crippen LogP contribution in [0.4, 0.5) is 4.39 Å². The molecule has 7 aromatic heterocycles. The van der Waals surface area contributed by atoms with E-state index in [9.17, 15) is 9.50 Å². The standard InChI is InChI=1S/C18H23ClN2O.C17H23N3O.C17H22N2O2.C16H19FN2O.C16H20N2O.C15H18N2O/c1-11(2)22-16-8-7-13(9-14(16)19)15-10-20-12(3)17(21-15)18(4,5)6;1-11(2)21-15-8-7-13(9-19-15)14-10-18-12(3)16(20-14)17(4,5)6;1-11-16(17(2,3)4)19-13(10-18-11)12-7-8-14(20-5)15(9-12)21-6;1-10-15(16(2,3)4)19-13(9-18-10)11-6-7-14(20-5)12(17)8-11;1-11-15(16(2,3)4)18-14(10-17-11)12-7-6-8-13(9-12)19-5;1-10-14(15(2,3)4)17-13(9-16-10)11-6-5-7-12(18)8-11/h7-11H,1-6H3;7-11H,1-6H3;7-10H,1-6H3;6-9H,1-5H3;6-10H,1-5H3;5-9,18H,1-4H3. The molecule has 121 heavy (non-hydrogen) atoms. The number of hydrogen-bond acceptors (Lipinski definition) is 20. The number of aryl methyl sites for hydroxylation is 6. The first-order valence-electron chi connectivity index (χ1n) is 40.6. The van der Waals surface area contributed by atoms with Gasteiger partial charge in [-0.3, -0.25) is 29.9 Å². The summed E-state index contributed by atoms with van der Waals surface area (Å²) in [6.07, 6.45) is 12.6. The van der Waals surface area contributed by atoms with Crippen LogP contribution in [0.25, 0.3) is 67.5 Å². The average molecular weight is 1660 g/mol. The van der Waals surface area contributed by atoms with Crippen molar-refractivity contribution in [1.82, 2.24) is 64.8 Å². The van der Waals surface area contributed by atoms with Gasteiger partial charge in [0, 0.05) is 78.1 Å². The normalized spacial score (nSPS) is 11.6. The molecular formula is C99H125ClFN13O7.